The van der Waals surface area contributed by atoms with Gasteiger partial charge in [-0.3, -0.25) is 4.98 Å². The molecule has 7 nitrogen and oxygen atoms in total. The molecule has 2 unspecified atom stereocenters. The summed E-state index contributed by atoms with van der Waals surface area (Å²) in [5, 5.41) is 7.92. The number of anilines is 4. The summed E-state index contributed by atoms with van der Waals surface area (Å²) >= 11 is 0. The third kappa shape index (κ3) is 4.23. The maximum Gasteiger partial charge on any atom is 0.433 e. The normalized spacial score (nSPS) is 23.4. The van der Waals surface area contributed by atoms with Crippen LogP contribution in [0.4, 0.5) is 49.6 Å². The lowest BCUT2D eigenvalue weighted by Gasteiger charge is -2.39. The summed E-state index contributed by atoms with van der Waals surface area (Å²) in [6.07, 6.45) is -0.877. The van der Waals surface area contributed by atoms with Crippen molar-refractivity contribution in [3.8, 4) is 0 Å². The van der Waals surface area contributed by atoms with Gasteiger partial charge in [0, 0.05) is 44.1 Å². The third-order valence-corrected chi connectivity index (χ3v) is 7.48. The molecule has 1 saturated heterocycles. The minimum absolute atomic E-state index is 0.0260. The second-order valence-corrected chi connectivity index (χ2v) is 9.73. The largest absolute Gasteiger partial charge is 0.433 e. The van der Waals surface area contributed by atoms with E-state index in [4.69, 9.17) is 0 Å². The molecular weight excluding hydrogens is 500 g/mol. The molecular formula is C24H23F6N7. The number of aromatic nitrogens is 4. The molecule has 3 aromatic rings. The van der Waals surface area contributed by atoms with Gasteiger partial charge in [0.15, 0.2) is 17.5 Å². The molecule has 2 aliphatic heterocycles. The summed E-state index contributed by atoms with van der Waals surface area (Å²) in [6.45, 7) is 2.07. The van der Waals surface area contributed by atoms with Crippen LogP contribution in [0.5, 0.6) is 0 Å². The van der Waals surface area contributed by atoms with Crippen molar-refractivity contribution in [3.05, 3.63) is 53.6 Å². The standard InChI is InChI=1S/C24H23F6N7/c25-16-4-5-17(20(27)19(16)26)36-8-1-9-37-23(36)33-22(34-37)32-21-13-2-3-14(21)12-35(11-13)15-6-7-31-18(10-15)24(28,29)30/h4-7,10,13-14,21H,1-3,8-9,11-12H2,(H,32,34)/t13-,14?,21?/m0/s1. The van der Waals surface area contributed by atoms with Gasteiger partial charge in [0.25, 0.3) is 0 Å². The molecule has 3 aliphatic rings. The Hall–Kier alpha value is -3.51. The first-order valence-corrected chi connectivity index (χ1v) is 12.1. The summed E-state index contributed by atoms with van der Waals surface area (Å²) in [7, 11) is 0. The highest BCUT2D eigenvalue weighted by molar-refractivity contribution is 5.60. The van der Waals surface area contributed by atoms with E-state index < -0.39 is 29.3 Å². The number of fused-ring (bicyclic) bond motifs is 3. The number of nitrogens with one attached hydrogen (secondary N) is 1. The highest BCUT2D eigenvalue weighted by atomic mass is 19.4. The van der Waals surface area contributed by atoms with Gasteiger partial charge in [0.2, 0.25) is 11.9 Å². The highest BCUT2D eigenvalue weighted by Crippen LogP contribution is 2.41. The molecule has 2 bridgehead atoms. The first-order valence-electron chi connectivity index (χ1n) is 12.1. The molecule has 1 aromatic carbocycles. The number of hydrogen-bond acceptors (Lipinski definition) is 6. The van der Waals surface area contributed by atoms with Crippen LogP contribution in [-0.2, 0) is 12.7 Å². The lowest BCUT2D eigenvalue weighted by molar-refractivity contribution is -0.141. The highest BCUT2D eigenvalue weighted by Gasteiger charge is 2.43. The van der Waals surface area contributed by atoms with Crippen LogP contribution in [0, 0.1) is 29.3 Å². The summed E-state index contributed by atoms with van der Waals surface area (Å²) in [5.74, 6) is -3.05. The van der Waals surface area contributed by atoms with Gasteiger partial charge >= 0.3 is 6.18 Å². The molecule has 0 radical (unpaired) electrons. The number of halogens is 6. The summed E-state index contributed by atoms with van der Waals surface area (Å²) < 4.78 is 82.8. The molecule has 0 spiro atoms. The average Bonchev–Trinajstić information content (AvgIpc) is 3.38. The van der Waals surface area contributed by atoms with Gasteiger partial charge in [-0.05, 0) is 55.4 Å². The third-order valence-electron chi connectivity index (χ3n) is 7.48. The number of benzene rings is 1. The number of aryl methyl sites for hydroxylation is 1. The van der Waals surface area contributed by atoms with E-state index in [9.17, 15) is 26.3 Å². The summed E-state index contributed by atoms with van der Waals surface area (Å²) in [6, 6.07) is 4.78. The molecule has 3 atom stereocenters. The minimum Gasteiger partial charge on any atom is -0.371 e. The average molecular weight is 523 g/mol. The predicted octanol–water partition coefficient (Wildman–Crippen LogP) is 4.98. The maximum absolute atomic E-state index is 14.5. The number of alkyl halides is 3. The van der Waals surface area contributed by atoms with Gasteiger partial charge in [-0.15, -0.1) is 5.10 Å². The second kappa shape index (κ2) is 8.80. The Morgan fingerprint density at radius 2 is 1.70 bits per heavy atom. The fraction of sp³-hybridized carbons (Fsp3) is 0.458. The van der Waals surface area contributed by atoms with Crippen LogP contribution < -0.4 is 15.1 Å². The van der Waals surface area contributed by atoms with Crippen LogP contribution in [-0.4, -0.2) is 45.4 Å². The zero-order valence-electron chi connectivity index (χ0n) is 19.5. The molecule has 37 heavy (non-hydrogen) atoms. The van der Waals surface area contributed by atoms with Gasteiger partial charge in [0.1, 0.15) is 5.69 Å². The van der Waals surface area contributed by atoms with E-state index in [1.54, 1.807) is 10.7 Å². The zero-order chi connectivity index (χ0) is 25.9. The number of rotatable bonds is 4. The van der Waals surface area contributed by atoms with Gasteiger partial charge in [-0.1, -0.05) is 0 Å². The van der Waals surface area contributed by atoms with Crippen LogP contribution in [0.15, 0.2) is 30.5 Å². The van der Waals surface area contributed by atoms with E-state index in [1.807, 2.05) is 4.90 Å². The number of pyridine rings is 1. The first-order chi connectivity index (χ1) is 17.7. The van der Waals surface area contributed by atoms with Crippen molar-refractivity contribution in [1.29, 1.82) is 0 Å². The molecule has 13 heteroatoms. The van der Waals surface area contributed by atoms with E-state index in [0.29, 0.717) is 50.2 Å². The van der Waals surface area contributed by atoms with Crippen molar-refractivity contribution in [1.82, 2.24) is 19.7 Å². The molecule has 196 valence electrons. The Bertz CT molecular complexity index is 1310. The van der Waals surface area contributed by atoms with Crippen LogP contribution in [0.1, 0.15) is 25.0 Å². The van der Waals surface area contributed by atoms with Crippen molar-refractivity contribution in [2.24, 2.45) is 11.8 Å². The maximum atomic E-state index is 14.5. The number of piperidine rings is 1. The minimum atomic E-state index is -4.50. The number of nitrogens with zero attached hydrogens (tertiary/aromatic N) is 6. The van der Waals surface area contributed by atoms with Crippen LogP contribution in [0.2, 0.25) is 0 Å². The Morgan fingerprint density at radius 3 is 2.43 bits per heavy atom. The smallest absolute Gasteiger partial charge is 0.371 e. The summed E-state index contributed by atoms with van der Waals surface area (Å²) in [4.78, 5) is 11.5. The van der Waals surface area contributed by atoms with Gasteiger partial charge in [0.05, 0.1) is 5.69 Å². The molecule has 4 heterocycles. The van der Waals surface area contributed by atoms with Crippen LogP contribution >= 0.6 is 0 Å². The fourth-order valence-corrected chi connectivity index (χ4v) is 5.76. The SMILES string of the molecule is Fc1ccc(N2CCCn3nc(NC4C5CC[C@H]4CN(c4ccnc(C(F)(F)F)c4)C5)nc32)c(F)c1F. The van der Waals surface area contributed by atoms with Crippen molar-refractivity contribution >= 4 is 23.3 Å². The van der Waals surface area contributed by atoms with E-state index in [0.717, 1.165) is 25.0 Å². The van der Waals surface area contributed by atoms with Gasteiger partial charge in [-0.25, -0.2) is 17.9 Å². The van der Waals surface area contributed by atoms with Crippen molar-refractivity contribution in [2.75, 3.05) is 34.8 Å². The molecule has 6 rings (SSSR count). The van der Waals surface area contributed by atoms with Crippen molar-refractivity contribution in [3.63, 3.8) is 0 Å². The zero-order valence-corrected chi connectivity index (χ0v) is 19.5. The molecule has 1 aliphatic carbocycles. The topological polar surface area (TPSA) is 62.1 Å². The van der Waals surface area contributed by atoms with E-state index >= 15 is 0 Å². The van der Waals surface area contributed by atoms with Crippen molar-refractivity contribution < 1.29 is 26.3 Å². The first kappa shape index (κ1) is 23.9. The lowest BCUT2D eigenvalue weighted by atomic mass is 9.92. The van der Waals surface area contributed by atoms with Crippen LogP contribution in [0.3, 0.4) is 0 Å². The molecule has 2 fully saturated rings. The van der Waals surface area contributed by atoms with Gasteiger partial charge < -0.3 is 15.1 Å². The van der Waals surface area contributed by atoms with E-state index in [2.05, 4.69) is 20.4 Å². The van der Waals surface area contributed by atoms with E-state index in [-0.39, 0.29) is 23.6 Å². The molecule has 0 amide bonds. The van der Waals surface area contributed by atoms with Crippen LogP contribution in [0.25, 0.3) is 0 Å². The Labute approximate surface area is 208 Å². The Kier molecular flexibility index (Phi) is 5.68. The van der Waals surface area contributed by atoms with Gasteiger partial charge in [-0.2, -0.15) is 18.2 Å². The monoisotopic (exact) mass is 523 g/mol. The molecule has 1 N–H and O–H groups in total. The Morgan fingerprint density at radius 1 is 0.946 bits per heavy atom. The predicted molar refractivity (Wildman–Crippen MR) is 123 cm³/mol. The Balaban J connectivity index is 1.20. The molecule has 1 saturated carbocycles. The number of hydrogen-bond donors (Lipinski definition) is 1. The fourth-order valence-electron chi connectivity index (χ4n) is 5.76. The second-order valence-electron chi connectivity index (χ2n) is 9.73. The van der Waals surface area contributed by atoms with E-state index in [1.165, 1.54) is 17.2 Å². The molecule has 2 aromatic heterocycles. The summed E-state index contributed by atoms with van der Waals surface area (Å²) in [5.41, 5.74) is -0.521. The van der Waals surface area contributed by atoms with Crippen molar-refractivity contribution in [2.45, 2.75) is 38.0 Å². The quantitative estimate of drug-likeness (QED) is 0.385. The lowest BCUT2D eigenvalue weighted by Crippen LogP contribution is -2.48.